The molecule has 0 aliphatic heterocycles. The maximum atomic E-state index is 11.3. The summed E-state index contributed by atoms with van der Waals surface area (Å²) in [7, 11) is 1.64. The van der Waals surface area contributed by atoms with Crippen LogP contribution in [-0.4, -0.2) is 28.3 Å². The maximum absolute atomic E-state index is 11.3. The molecule has 1 aromatic carbocycles. The minimum atomic E-state index is -0.200. The Labute approximate surface area is 185 Å². The van der Waals surface area contributed by atoms with Crippen molar-refractivity contribution in [3.05, 3.63) is 50.3 Å². The summed E-state index contributed by atoms with van der Waals surface area (Å²) in [6.07, 6.45) is 6.16. The molecule has 2 N–H and O–H groups in total. The molecular weight excluding hydrogens is 416 g/mol. The van der Waals surface area contributed by atoms with Gasteiger partial charge in [-0.3, -0.25) is 9.78 Å². The van der Waals surface area contributed by atoms with Gasteiger partial charge in [-0.2, -0.15) is 0 Å². The Hall–Kier alpha value is -2.58. The minimum absolute atomic E-state index is 0.0203. The molecule has 2 unspecified atom stereocenters. The number of rotatable bonds is 8. The Morgan fingerprint density at radius 3 is 3.00 bits per heavy atom. The van der Waals surface area contributed by atoms with Crippen LogP contribution in [0.4, 0.5) is 0 Å². The molecule has 0 amide bonds. The van der Waals surface area contributed by atoms with E-state index in [1.807, 2.05) is 31.2 Å². The van der Waals surface area contributed by atoms with Crippen LogP contribution in [0.15, 0.2) is 33.5 Å². The lowest BCUT2D eigenvalue weighted by Gasteiger charge is -2.29. The number of H-pyrrole nitrogens is 1. The lowest BCUT2D eigenvalue weighted by Crippen LogP contribution is -2.23. The van der Waals surface area contributed by atoms with Crippen LogP contribution in [0.1, 0.15) is 48.4 Å². The van der Waals surface area contributed by atoms with Crippen molar-refractivity contribution in [1.29, 1.82) is 0 Å². The molecule has 2 aromatic heterocycles. The average molecular weight is 445 g/mol. The smallest absolute Gasteiger partial charge is 0.307 e. The van der Waals surface area contributed by atoms with Crippen LogP contribution >= 0.6 is 11.3 Å². The molecule has 7 nitrogen and oxygen atoms in total. The summed E-state index contributed by atoms with van der Waals surface area (Å²) in [6, 6.07) is 7.65. The number of ether oxygens (including phenoxy) is 2. The van der Waals surface area contributed by atoms with Crippen molar-refractivity contribution in [3.63, 3.8) is 0 Å². The van der Waals surface area contributed by atoms with Gasteiger partial charge in [0.05, 0.1) is 24.7 Å². The van der Waals surface area contributed by atoms with E-state index in [0.29, 0.717) is 18.4 Å². The van der Waals surface area contributed by atoms with Crippen molar-refractivity contribution in [1.82, 2.24) is 9.97 Å². The highest BCUT2D eigenvalue weighted by Gasteiger charge is 2.24. The quantitative estimate of drug-likeness (QED) is 0.517. The van der Waals surface area contributed by atoms with E-state index in [1.165, 1.54) is 0 Å². The van der Waals surface area contributed by atoms with Crippen molar-refractivity contribution < 1.29 is 19.0 Å². The molecule has 2 atom stereocenters. The Morgan fingerprint density at radius 2 is 2.23 bits per heavy atom. The fourth-order valence-electron chi connectivity index (χ4n) is 4.15. The summed E-state index contributed by atoms with van der Waals surface area (Å²) in [6.45, 7) is 2.34. The molecule has 1 fully saturated rings. The van der Waals surface area contributed by atoms with Crippen LogP contribution in [0.25, 0.3) is 11.5 Å². The van der Waals surface area contributed by atoms with Gasteiger partial charge in [-0.05, 0) is 56.7 Å². The number of oxazole rings is 1. The van der Waals surface area contributed by atoms with E-state index in [0.717, 1.165) is 77.5 Å². The van der Waals surface area contributed by atoms with Crippen molar-refractivity contribution >= 4 is 11.3 Å². The Kier molecular flexibility index (Phi) is 6.77. The molecule has 0 bridgehead atoms. The van der Waals surface area contributed by atoms with E-state index < -0.39 is 0 Å². The Bertz CT molecular complexity index is 1070. The van der Waals surface area contributed by atoms with Gasteiger partial charge in [-0.15, -0.1) is 0 Å². The molecule has 0 saturated heterocycles. The fraction of sp³-hybridized carbons (Fsp3) is 0.478. The summed E-state index contributed by atoms with van der Waals surface area (Å²) in [4.78, 5) is 19.0. The number of aromatic amines is 1. The standard InChI is InChI=1S/C23H28N2O5S/c1-14-19(24-22(30-14)16-6-4-7-17(12-16)28-2)13-29-18-8-3-5-15(11-18)9-10-20-21(26)25-23(27)31-20/h4,6-7,12,15,18,26H,3,5,8-11,13H2,1-2H3,(H,25,27). The van der Waals surface area contributed by atoms with Gasteiger partial charge in [0.25, 0.3) is 0 Å². The zero-order chi connectivity index (χ0) is 21.8. The van der Waals surface area contributed by atoms with E-state index in [1.54, 1.807) is 7.11 Å². The van der Waals surface area contributed by atoms with Gasteiger partial charge in [-0.25, -0.2) is 4.98 Å². The SMILES string of the molecule is COc1cccc(-c2nc(COC3CCCC(CCc4sc(=O)[nH]c4O)C3)c(C)o2)c1. The van der Waals surface area contributed by atoms with Crippen LogP contribution in [0, 0.1) is 12.8 Å². The number of aromatic nitrogens is 2. The monoisotopic (exact) mass is 444 g/mol. The largest absolute Gasteiger partial charge is 0.497 e. The zero-order valence-electron chi connectivity index (χ0n) is 17.8. The summed E-state index contributed by atoms with van der Waals surface area (Å²) in [5, 5.41) is 9.77. The second-order valence-electron chi connectivity index (χ2n) is 8.04. The first kappa shape index (κ1) is 21.6. The number of benzene rings is 1. The molecule has 3 aromatic rings. The van der Waals surface area contributed by atoms with Crippen molar-refractivity contribution in [2.45, 2.75) is 58.2 Å². The molecule has 31 heavy (non-hydrogen) atoms. The fourth-order valence-corrected chi connectivity index (χ4v) is 4.89. The Balaban J connectivity index is 1.32. The summed E-state index contributed by atoms with van der Waals surface area (Å²) in [5.74, 6) is 2.65. The number of hydrogen-bond acceptors (Lipinski definition) is 7. The molecular formula is C23H28N2O5S. The van der Waals surface area contributed by atoms with Crippen LogP contribution in [0.2, 0.25) is 0 Å². The number of thiazole rings is 1. The highest BCUT2D eigenvalue weighted by Crippen LogP contribution is 2.32. The topological polar surface area (TPSA) is 97.6 Å². The van der Waals surface area contributed by atoms with E-state index in [-0.39, 0.29) is 16.9 Å². The third-order valence-corrected chi connectivity index (χ3v) is 6.81. The first-order valence-electron chi connectivity index (χ1n) is 10.6. The zero-order valence-corrected chi connectivity index (χ0v) is 18.7. The third-order valence-electron chi connectivity index (χ3n) is 5.88. The number of nitrogens with one attached hydrogen (secondary N) is 1. The van der Waals surface area contributed by atoms with Gasteiger partial charge < -0.3 is 19.0 Å². The van der Waals surface area contributed by atoms with Gasteiger partial charge >= 0.3 is 4.87 Å². The highest BCUT2D eigenvalue weighted by molar-refractivity contribution is 7.09. The summed E-state index contributed by atoms with van der Waals surface area (Å²) < 4.78 is 17.3. The van der Waals surface area contributed by atoms with E-state index >= 15 is 0 Å². The Morgan fingerprint density at radius 1 is 1.35 bits per heavy atom. The minimum Gasteiger partial charge on any atom is -0.497 e. The normalized spacial score (nSPS) is 18.9. The lowest BCUT2D eigenvalue weighted by atomic mass is 9.84. The first-order chi connectivity index (χ1) is 15.0. The van der Waals surface area contributed by atoms with Crippen LogP contribution in [-0.2, 0) is 17.8 Å². The first-order valence-corrected chi connectivity index (χ1v) is 11.5. The second kappa shape index (κ2) is 9.70. The molecule has 8 heteroatoms. The number of aromatic hydroxyl groups is 1. The molecule has 1 aliphatic carbocycles. The molecule has 1 saturated carbocycles. The average Bonchev–Trinajstić information content (AvgIpc) is 3.31. The predicted octanol–water partition coefficient (Wildman–Crippen LogP) is 4.82. The number of nitrogens with zero attached hydrogens (tertiary/aromatic N) is 1. The van der Waals surface area contributed by atoms with Gasteiger partial charge in [0.1, 0.15) is 17.2 Å². The van der Waals surface area contributed by atoms with Crippen LogP contribution < -0.4 is 9.61 Å². The van der Waals surface area contributed by atoms with Crippen molar-refractivity contribution in [2.75, 3.05) is 7.11 Å². The summed E-state index contributed by atoms with van der Waals surface area (Å²) in [5.41, 5.74) is 1.70. The lowest BCUT2D eigenvalue weighted by molar-refractivity contribution is -0.000494. The predicted molar refractivity (Wildman–Crippen MR) is 119 cm³/mol. The van der Waals surface area contributed by atoms with Crippen molar-refractivity contribution in [3.8, 4) is 23.1 Å². The number of aryl methyl sites for hydroxylation is 2. The maximum Gasteiger partial charge on any atom is 0.307 e. The van der Waals surface area contributed by atoms with Gasteiger partial charge in [-0.1, -0.05) is 30.2 Å². The molecule has 2 heterocycles. The molecule has 166 valence electrons. The highest BCUT2D eigenvalue weighted by atomic mass is 32.1. The number of hydrogen-bond donors (Lipinski definition) is 2. The molecule has 1 aliphatic rings. The van der Waals surface area contributed by atoms with Crippen LogP contribution in [0.5, 0.6) is 11.6 Å². The third kappa shape index (κ3) is 5.37. The second-order valence-corrected chi connectivity index (χ2v) is 9.11. The van der Waals surface area contributed by atoms with E-state index in [9.17, 15) is 9.90 Å². The van der Waals surface area contributed by atoms with Crippen molar-refractivity contribution in [2.24, 2.45) is 5.92 Å². The summed E-state index contributed by atoms with van der Waals surface area (Å²) >= 11 is 1.10. The van der Waals surface area contributed by atoms with E-state index in [2.05, 4.69) is 9.97 Å². The van der Waals surface area contributed by atoms with Gasteiger partial charge in [0, 0.05) is 5.56 Å². The number of methoxy groups -OCH3 is 1. The van der Waals surface area contributed by atoms with E-state index in [4.69, 9.17) is 13.9 Å². The molecule has 4 rings (SSSR count). The molecule has 0 spiro atoms. The van der Waals surface area contributed by atoms with Gasteiger partial charge in [0.15, 0.2) is 0 Å². The van der Waals surface area contributed by atoms with Gasteiger partial charge in [0.2, 0.25) is 11.8 Å². The molecule has 0 radical (unpaired) electrons. The van der Waals surface area contributed by atoms with Crippen LogP contribution in [0.3, 0.4) is 0 Å².